The van der Waals surface area contributed by atoms with Gasteiger partial charge in [0.15, 0.2) is 4.21 Å². The number of hydrogen-bond acceptors (Lipinski definition) is 8. The molecule has 1 N–H and O–H groups in total. The minimum Gasteiger partial charge on any atom is -0.470 e. The Morgan fingerprint density at radius 2 is 2.07 bits per heavy atom. The minimum atomic E-state index is -3.88. The van der Waals surface area contributed by atoms with Gasteiger partial charge in [-0.05, 0) is 12.5 Å². The van der Waals surface area contributed by atoms with E-state index in [1.807, 2.05) is 18.2 Å². The van der Waals surface area contributed by atoms with Crippen molar-refractivity contribution < 1.29 is 23.1 Å². The van der Waals surface area contributed by atoms with Crippen LogP contribution in [-0.4, -0.2) is 51.7 Å². The van der Waals surface area contributed by atoms with Crippen LogP contribution in [0.3, 0.4) is 0 Å². The van der Waals surface area contributed by atoms with Crippen LogP contribution in [0, 0.1) is 0 Å². The second-order valence-corrected chi connectivity index (χ2v) is 9.71. The number of thiazole rings is 1. The van der Waals surface area contributed by atoms with Crippen LogP contribution >= 0.6 is 11.3 Å². The first-order valence-corrected chi connectivity index (χ1v) is 11.6. The Morgan fingerprint density at radius 3 is 2.73 bits per heavy atom. The molecule has 3 aromatic rings. The number of rotatable bonds is 7. The first-order valence-electron chi connectivity index (χ1n) is 9.30. The number of aliphatic hydroxyl groups excluding tert-OH is 1. The normalized spacial score (nSPS) is 14.5. The second kappa shape index (κ2) is 8.17. The van der Waals surface area contributed by atoms with Gasteiger partial charge in [-0.2, -0.15) is 17.6 Å². The van der Waals surface area contributed by atoms with E-state index >= 15 is 0 Å². The van der Waals surface area contributed by atoms with Gasteiger partial charge >= 0.3 is 0 Å². The molecule has 0 fully saturated rings. The fourth-order valence-electron chi connectivity index (χ4n) is 3.28. The maximum absolute atomic E-state index is 12.9. The fourth-order valence-corrected chi connectivity index (χ4v) is 5.55. The van der Waals surface area contributed by atoms with Crippen LogP contribution in [0.15, 0.2) is 46.9 Å². The third-order valence-corrected chi connectivity index (χ3v) is 7.66. The monoisotopic (exact) mass is 448 g/mol. The Labute approximate surface area is 177 Å². The summed E-state index contributed by atoms with van der Waals surface area (Å²) >= 11 is 0.935. The van der Waals surface area contributed by atoms with E-state index in [0.717, 1.165) is 21.0 Å². The molecule has 1 amide bonds. The van der Waals surface area contributed by atoms with Crippen molar-refractivity contribution in [2.75, 3.05) is 13.2 Å². The molecule has 1 aliphatic heterocycles. The molecular weight excluding hydrogens is 428 g/mol. The molecule has 4 rings (SSSR count). The van der Waals surface area contributed by atoms with Crippen LogP contribution in [-0.2, 0) is 27.9 Å². The highest BCUT2D eigenvalue weighted by atomic mass is 32.2. The summed E-state index contributed by atoms with van der Waals surface area (Å²) in [6.07, 6.45) is 2.67. The van der Waals surface area contributed by atoms with Crippen LogP contribution in [0.5, 0.6) is 5.19 Å². The molecule has 3 heterocycles. The van der Waals surface area contributed by atoms with E-state index in [2.05, 4.69) is 10.1 Å². The molecule has 158 valence electrons. The van der Waals surface area contributed by atoms with Crippen LogP contribution in [0.1, 0.15) is 29.7 Å². The number of hydrogen-bond donors (Lipinski definition) is 1. The first kappa shape index (κ1) is 20.5. The van der Waals surface area contributed by atoms with E-state index in [9.17, 15) is 18.3 Å². The van der Waals surface area contributed by atoms with Crippen molar-refractivity contribution in [3.8, 4) is 5.19 Å². The molecule has 0 spiro atoms. The molecule has 30 heavy (non-hydrogen) atoms. The van der Waals surface area contributed by atoms with Crippen molar-refractivity contribution in [3.05, 3.63) is 59.5 Å². The maximum Gasteiger partial charge on any atom is 0.294 e. The van der Waals surface area contributed by atoms with E-state index in [-0.39, 0.29) is 35.0 Å². The third kappa shape index (κ3) is 3.71. The highest BCUT2D eigenvalue weighted by Gasteiger charge is 2.33. The number of nitrogens with zero attached hydrogens (tertiary/aromatic N) is 4. The Balaban J connectivity index is 1.51. The highest BCUT2D eigenvalue weighted by molar-refractivity contribution is 7.92. The number of carbonyl (C=O) groups excluding carboxylic acids is 1. The van der Waals surface area contributed by atoms with Crippen LogP contribution in [0.4, 0.5) is 0 Å². The molecule has 1 unspecified atom stereocenters. The van der Waals surface area contributed by atoms with Crippen molar-refractivity contribution in [3.63, 3.8) is 0 Å². The van der Waals surface area contributed by atoms with Crippen molar-refractivity contribution >= 4 is 27.3 Å². The summed E-state index contributed by atoms with van der Waals surface area (Å²) < 4.78 is 31.8. The maximum atomic E-state index is 12.9. The van der Waals surface area contributed by atoms with Crippen molar-refractivity contribution in [2.45, 2.75) is 30.1 Å². The largest absolute Gasteiger partial charge is 0.470 e. The zero-order chi connectivity index (χ0) is 21.3. The third-order valence-electron chi connectivity index (χ3n) is 4.78. The predicted molar refractivity (Wildman–Crippen MR) is 109 cm³/mol. The topological polar surface area (TPSA) is 115 Å². The molecule has 11 heteroatoms. The molecule has 1 atom stereocenters. The summed E-state index contributed by atoms with van der Waals surface area (Å²) in [5, 5.41) is 14.2. The Bertz CT molecular complexity index is 1130. The van der Waals surface area contributed by atoms with E-state index < -0.39 is 15.9 Å². The summed E-state index contributed by atoms with van der Waals surface area (Å²) in [5.74, 6) is -0.889. The van der Waals surface area contributed by atoms with Gasteiger partial charge in [-0.1, -0.05) is 41.7 Å². The van der Waals surface area contributed by atoms with Gasteiger partial charge < -0.3 is 14.7 Å². The summed E-state index contributed by atoms with van der Waals surface area (Å²) in [6, 6.07) is 9.07. The lowest BCUT2D eigenvalue weighted by molar-refractivity contribution is -0.134. The van der Waals surface area contributed by atoms with Gasteiger partial charge in [0.25, 0.3) is 15.2 Å². The lowest BCUT2D eigenvalue weighted by Gasteiger charge is -2.22. The van der Waals surface area contributed by atoms with E-state index in [1.165, 1.54) is 12.4 Å². The van der Waals surface area contributed by atoms with Gasteiger partial charge in [0.1, 0.15) is 0 Å². The first-order chi connectivity index (χ1) is 14.4. The van der Waals surface area contributed by atoms with E-state index in [1.54, 1.807) is 24.0 Å². The summed E-state index contributed by atoms with van der Waals surface area (Å²) in [5.41, 5.74) is 1.91. The van der Waals surface area contributed by atoms with Gasteiger partial charge in [0.05, 0.1) is 37.6 Å². The number of carbonyl (C=O) groups is 1. The molecule has 1 aromatic carbocycles. The van der Waals surface area contributed by atoms with Crippen LogP contribution in [0.25, 0.3) is 0 Å². The Kier molecular flexibility index (Phi) is 5.58. The van der Waals surface area contributed by atoms with E-state index in [0.29, 0.717) is 17.9 Å². The molecule has 0 saturated heterocycles. The molecular formula is C19H20N4O5S2. The zero-order valence-corrected chi connectivity index (χ0v) is 17.8. The van der Waals surface area contributed by atoms with Crippen molar-refractivity contribution in [1.82, 2.24) is 19.1 Å². The fraction of sp³-hybridized carbons (Fsp3) is 0.316. The molecule has 1 aliphatic rings. The molecule has 2 aromatic heterocycles. The van der Waals surface area contributed by atoms with Gasteiger partial charge in [-0.25, -0.2) is 4.98 Å². The van der Waals surface area contributed by atoms with Crippen LogP contribution in [0.2, 0.25) is 0 Å². The average molecular weight is 449 g/mol. The van der Waals surface area contributed by atoms with Gasteiger partial charge in [0, 0.05) is 18.3 Å². The lowest BCUT2D eigenvalue weighted by Crippen LogP contribution is -2.33. The second-order valence-electron chi connectivity index (χ2n) is 6.70. The zero-order valence-electron chi connectivity index (χ0n) is 16.1. The van der Waals surface area contributed by atoms with Gasteiger partial charge in [-0.15, -0.1) is 0 Å². The number of benzene rings is 1. The van der Waals surface area contributed by atoms with E-state index in [4.69, 9.17) is 4.74 Å². The smallest absolute Gasteiger partial charge is 0.294 e. The summed E-state index contributed by atoms with van der Waals surface area (Å²) in [7, 11) is -3.88. The Hall–Kier alpha value is -2.76. The number of aliphatic hydroxyl groups is 1. The molecule has 0 bridgehead atoms. The number of fused-ring (bicyclic) bond motifs is 1. The SMILES string of the molecule is CCOc1ncc(S(=O)(=O)n2cc3c(n2)CN(C(=O)C(CO)c2ccccc2)C3)s1. The Morgan fingerprint density at radius 1 is 1.30 bits per heavy atom. The minimum absolute atomic E-state index is 0.0319. The van der Waals surface area contributed by atoms with Crippen molar-refractivity contribution in [2.24, 2.45) is 0 Å². The van der Waals surface area contributed by atoms with Gasteiger partial charge in [0.2, 0.25) is 5.91 Å². The quantitative estimate of drug-likeness (QED) is 0.584. The molecule has 0 aliphatic carbocycles. The number of aromatic nitrogens is 3. The summed E-state index contributed by atoms with van der Waals surface area (Å²) in [6.45, 7) is 2.30. The molecule has 9 nitrogen and oxygen atoms in total. The highest BCUT2D eigenvalue weighted by Crippen LogP contribution is 2.30. The van der Waals surface area contributed by atoms with Crippen molar-refractivity contribution in [1.29, 1.82) is 0 Å². The molecule has 0 radical (unpaired) electrons. The molecule has 0 saturated carbocycles. The van der Waals surface area contributed by atoms with Crippen LogP contribution < -0.4 is 4.74 Å². The van der Waals surface area contributed by atoms with Gasteiger partial charge in [-0.3, -0.25) is 4.79 Å². The standard InChI is InChI=1S/C19H20N4O5S2/c1-2-28-19-20-8-17(29-19)30(26,27)23-10-14-9-22(11-16(14)21-23)18(25)15(12-24)13-6-4-3-5-7-13/h3-8,10,15,24H,2,9,11-12H2,1H3. The number of amides is 1. The predicted octanol–water partition coefficient (Wildman–Crippen LogP) is 1.59. The number of ether oxygens (including phenoxy) is 1. The summed E-state index contributed by atoms with van der Waals surface area (Å²) in [4.78, 5) is 18.4. The average Bonchev–Trinajstić information content (AvgIpc) is 3.45. The lowest BCUT2D eigenvalue weighted by atomic mass is 9.98.